The first kappa shape index (κ1) is 28.1. The maximum atomic E-state index is 5.35. The van der Waals surface area contributed by atoms with E-state index in [1.54, 1.807) is 0 Å². The largest absolute Gasteiger partial charge is 0.326 e. The summed E-state index contributed by atoms with van der Waals surface area (Å²) in [4.78, 5) is 0. The lowest BCUT2D eigenvalue weighted by atomic mass is 9.95. The molecule has 1 atom stereocenters. The van der Waals surface area contributed by atoms with E-state index >= 15 is 0 Å². The van der Waals surface area contributed by atoms with Crippen LogP contribution in [0, 0.1) is 6.92 Å². The Kier molecular flexibility index (Phi) is 14.2. The fourth-order valence-corrected chi connectivity index (χ4v) is 3.22. The highest BCUT2D eigenvalue weighted by Gasteiger charge is 2.03. The normalized spacial score (nSPS) is 10.5. The molecule has 176 valence electrons. The summed E-state index contributed by atoms with van der Waals surface area (Å²) in [5.41, 5.74) is 10.7. The van der Waals surface area contributed by atoms with Crippen molar-refractivity contribution in [3.8, 4) is 0 Å². The van der Waals surface area contributed by atoms with Gasteiger partial charge in [-0.1, -0.05) is 137 Å². The molecule has 0 aliphatic carbocycles. The number of hydrogen-bond donors (Lipinski definition) is 1. The van der Waals surface area contributed by atoms with E-state index in [4.69, 9.17) is 5.73 Å². The Morgan fingerprint density at radius 2 is 1.21 bits per heavy atom. The van der Waals surface area contributed by atoms with Crippen molar-refractivity contribution >= 4 is 10.8 Å². The minimum absolute atomic E-state index is 0.640. The Morgan fingerprint density at radius 3 is 1.67 bits per heavy atom. The Hall–Kier alpha value is -2.90. The van der Waals surface area contributed by atoms with Crippen LogP contribution in [0.5, 0.6) is 0 Å². The molecule has 0 amide bonds. The van der Waals surface area contributed by atoms with Crippen LogP contribution in [-0.2, 0) is 13.0 Å². The molecule has 0 heterocycles. The molecule has 1 nitrogen and oxygen atoms in total. The first-order chi connectivity index (χ1) is 16.1. The lowest BCUT2D eigenvalue weighted by molar-refractivity contribution is 0.735. The highest BCUT2D eigenvalue weighted by atomic mass is 14.5. The third-order valence-corrected chi connectivity index (χ3v) is 5.54. The molecular weight excluding hydrogens is 398 g/mol. The topological polar surface area (TPSA) is 26.0 Å². The van der Waals surface area contributed by atoms with Crippen molar-refractivity contribution in [3.05, 3.63) is 119 Å². The van der Waals surface area contributed by atoms with E-state index in [0.717, 1.165) is 6.42 Å². The Labute approximate surface area is 202 Å². The van der Waals surface area contributed by atoms with E-state index in [0.29, 0.717) is 12.5 Å². The Bertz CT molecular complexity index is 1010. The van der Waals surface area contributed by atoms with E-state index in [1.165, 1.54) is 39.4 Å². The van der Waals surface area contributed by atoms with Gasteiger partial charge in [-0.25, -0.2) is 0 Å². The Balaban J connectivity index is 0.000000268. The molecule has 0 aromatic heterocycles. The number of fused-ring (bicyclic) bond motifs is 1. The number of rotatable bonds is 4. The molecule has 4 rings (SSSR count). The van der Waals surface area contributed by atoms with Crippen LogP contribution in [0.2, 0.25) is 0 Å². The van der Waals surface area contributed by atoms with Gasteiger partial charge in [0.2, 0.25) is 0 Å². The number of aryl methyl sites for hydroxylation is 2. The minimum atomic E-state index is 0.640. The van der Waals surface area contributed by atoms with Crippen molar-refractivity contribution in [2.24, 2.45) is 5.73 Å². The fraction of sp³-hybridized carbons (Fsp3) is 0.312. The molecule has 0 fully saturated rings. The number of hydrogen-bond acceptors (Lipinski definition) is 1. The molecule has 33 heavy (non-hydrogen) atoms. The molecule has 0 saturated heterocycles. The summed E-state index contributed by atoms with van der Waals surface area (Å²) >= 11 is 0. The molecular formula is C32H43N. The minimum Gasteiger partial charge on any atom is -0.326 e. The van der Waals surface area contributed by atoms with E-state index in [1.807, 2.05) is 62.4 Å². The van der Waals surface area contributed by atoms with Crippen LogP contribution < -0.4 is 5.73 Å². The fourth-order valence-electron chi connectivity index (χ4n) is 3.22. The van der Waals surface area contributed by atoms with E-state index in [-0.39, 0.29) is 0 Å². The van der Waals surface area contributed by atoms with Crippen LogP contribution in [0.1, 0.15) is 69.2 Å². The molecule has 0 saturated carbocycles. The lowest BCUT2D eigenvalue weighted by Crippen LogP contribution is -1.94. The smallest absolute Gasteiger partial charge is 0.0178 e. The molecule has 1 heteroatoms. The Morgan fingerprint density at radius 1 is 0.667 bits per heavy atom. The van der Waals surface area contributed by atoms with Crippen LogP contribution >= 0.6 is 0 Å². The summed E-state index contributed by atoms with van der Waals surface area (Å²) in [6.07, 6.45) is 2.32. The molecule has 4 aromatic rings. The van der Waals surface area contributed by atoms with Crippen LogP contribution in [0.4, 0.5) is 0 Å². The maximum absolute atomic E-state index is 5.35. The molecule has 2 N–H and O–H groups in total. The van der Waals surface area contributed by atoms with Crippen LogP contribution in [0.25, 0.3) is 10.8 Å². The van der Waals surface area contributed by atoms with Crippen LogP contribution in [0.15, 0.2) is 97.1 Å². The summed E-state index contributed by atoms with van der Waals surface area (Å²) in [5, 5.41) is 2.74. The predicted octanol–water partition coefficient (Wildman–Crippen LogP) is 9.08. The standard InChI is InChI=1S/C16H20.C7H9N.C7H8.C2H6/c1-4-12(3)14-8-9-15-10-13(5-2)6-7-16(15)11-14;8-6-7-4-2-1-3-5-7;1-7-5-3-2-4-6-7;1-2/h6-12H,4-5H2,1-3H3;1-5H,6,8H2;2-6H,1H3;1-2H3. The van der Waals surface area contributed by atoms with Gasteiger partial charge in [0.1, 0.15) is 0 Å². The van der Waals surface area contributed by atoms with Crippen molar-refractivity contribution in [1.29, 1.82) is 0 Å². The van der Waals surface area contributed by atoms with Gasteiger partial charge in [-0.3, -0.25) is 0 Å². The number of benzene rings is 4. The summed E-state index contributed by atoms with van der Waals surface area (Å²) < 4.78 is 0. The second kappa shape index (κ2) is 16.7. The van der Waals surface area contributed by atoms with Crippen molar-refractivity contribution in [2.75, 3.05) is 0 Å². The molecule has 0 aliphatic rings. The lowest BCUT2D eigenvalue weighted by Gasteiger charge is -2.10. The van der Waals surface area contributed by atoms with Crippen molar-refractivity contribution in [1.82, 2.24) is 0 Å². The van der Waals surface area contributed by atoms with Crippen LogP contribution in [-0.4, -0.2) is 0 Å². The molecule has 0 spiro atoms. The van der Waals surface area contributed by atoms with Gasteiger partial charge in [-0.2, -0.15) is 0 Å². The second-order valence-corrected chi connectivity index (χ2v) is 7.95. The molecule has 0 bridgehead atoms. The third-order valence-electron chi connectivity index (χ3n) is 5.54. The van der Waals surface area contributed by atoms with Gasteiger partial charge in [0.25, 0.3) is 0 Å². The first-order valence-corrected chi connectivity index (χ1v) is 12.4. The number of nitrogens with two attached hydrogens (primary N) is 1. The highest BCUT2D eigenvalue weighted by molar-refractivity contribution is 5.84. The molecule has 1 unspecified atom stereocenters. The molecule has 0 aliphatic heterocycles. The summed E-state index contributed by atoms with van der Waals surface area (Å²) in [6.45, 7) is 13.5. The summed E-state index contributed by atoms with van der Waals surface area (Å²) in [5.74, 6) is 0.662. The van der Waals surface area contributed by atoms with Crippen molar-refractivity contribution < 1.29 is 0 Å². The average molecular weight is 442 g/mol. The average Bonchev–Trinajstić information content (AvgIpc) is 2.90. The maximum Gasteiger partial charge on any atom is 0.0178 e. The van der Waals surface area contributed by atoms with Gasteiger partial charge in [-0.15, -0.1) is 0 Å². The highest BCUT2D eigenvalue weighted by Crippen LogP contribution is 2.24. The molecule has 0 radical (unpaired) electrons. The zero-order chi connectivity index (χ0) is 24.5. The zero-order valence-electron chi connectivity index (χ0n) is 21.5. The van der Waals surface area contributed by atoms with Gasteiger partial charge >= 0.3 is 0 Å². The molecule has 4 aromatic carbocycles. The SMILES string of the molecule is CC.CCc1ccc2cc(C(C)CC)ccc2c1.Cc1ccccc1.NCc1ccccc1. The van der Waals surface area contributed by atoms with Crippen LogP contribution in [0.3, 0.4) is 0 Å². The van der Waals surface area contributed by atoms with Gasteiger partial charge in [0.15, 0.2) is 0 Å². The predicted molar refractivity (Wildman–Crippen MR) is 149 cm³/mol. The van der Waals surface area contributed by atoms with Crippen molar-refractivity contribution in [3.63, 3.8) is 0 Å². The van der Waals surface area contributed by atoms with Gasteiger partial charge in [-0.05, 0) is 53.1 Å². The zero-order valence-corrected chi connectivity index (χ0v) is 21.5. The van der Waals surface area contributed by atoms with Crippen molar-refractivity contribution in [2.45, 2.75) is 66.8 Å². The van der Waals surface area contributed by atoms with Gasteiger partial charge in [0.05, 0.1) is 0 Å². The van der Waals surface area contributed by atoms with Gasteiger partial charge < -0.3 is 5.73 Å². The quantitative estimate of drug-likeness (QED) is 0.336. The van der Waals surface area contributed by atoms with Gasteiger partial charge in [0, 0.05) is 6.54 Å². The van der Waals surface area contributed by atoms with E-state index < -0.39 is 0 Å². The third kappa shape index (κ3) is 10.5. The monoisotopic (exact) mass is 441 g/mol. The first-order valence-electron chi connectivity index (χ1n) is 12.4. The summed E-state index contributed by atoms with van der Waals surface area (Å²) in [6, 6.07) is 33.9. The second-order valence-electron chi connectivity index (χ2n) is 7.95. The van der Waals surface area contributed by atoms with E-state index in [9.17, 15) is 0 Å². The van der Waals surface area contributed by atoms with E-state index in [2.05, 4.69) is 76.2 Å². The summed E-state index contributed by atoms with van der Waals surface area (Å²) in [7, 11) is 0.